The molecule has 0 aliphatic heterocycles. The predicted octanol–water partition coefficient (Wildman–Crippen LogP) is 7.88. The summed E-state index contributed by atoms with van der Waals surface area (Å²) in [4.78, 5) is 0. The quantitative estimate of drug-likeness (QED) is 0.345. The number of allylic oxidation sites excluding steroid dienone is 8. The van der Waals surface area contributed by atoms with E-state index in [4.69, 9.17) is 0 Å². The Balaban J connectivity index is 1.57. The topological polar surface area (TPSA) is 0 Å². The van der Waals surface area contributed by atoms with Crippen molar-refractivity contribution in [1.82, 2.24) is 0 Å². The van der Waals surface area contributed by atoms with Crippen molar-refractivity contribution >= 4 is 0 Å². The first-order valence-electron chi connectivity index (χ1n) is 10.8. The average Bonchev–Trinajstić information content (AvgIpc) is 2.73. The Kier molecular flexibility index (Phi) is 7.38. The molecular formula is C28H30Ni. The molecule has 0 amide bonds. The van der Waals surface area contributed by atoms with Crippen LogP contribution in [0, 0.1) is 0 Å². The standard InChI is InChI=1S/2C14H15.Ni/c2*1-2-5-9-13(10-6-3-1)14-11-7-4-8-12-14;/h2*2,4-5,7-8,10-13H,1,3,9H2;. The van der Waals surface area contributed by atoms with Gasteiger partial charge in [0.2, 0.25) is 0 Å². The van der Waals surface area contributed by atoms with Crippen LogP contribution in [0.5, 0.6) is 0 Å². The van der Waals surface area contributed by atoms with E-state index < -0.39 is 0 Å². The van der Waals surface area contributed by atoms with E-state index in [0.717, 1.165) is 38.5 Å². The first kappa shape index (κ1) is 20.2. The molecule has 0 saturated heterocycles. The van der Waals surface area contributed by atoms with Gasteiger partial charge < -0.3 is 0 Å². The van der Waals surface area contributed by atoms with Gasteiger partial charge in [-0.15, -0.1) is 0 Å². The summed E-state index contributed by atoms with van der Waals surface area (Å²) in [6, 6.07) is 21.9. The molecular weight excluding hydrogens is 395 g/mol. The molecule has 2 aliphatic carbocycles. The fourth-order valence-electron chi connectivity index (χ4n) is 3.99. The Morgan fingerprint density at radius 1 is 0.552 bits per heavy atom. The molecule has 0 fully saturated rings. The van der Waals surface area contributed by atoms with Crippen LogP contribution in [0.4, 0.5) is 0 Å². The van der Waals surface area contributed by atoms with Crippen molar-refractivity contribution in [2.45, 2.75) is 50.4 Å². The number of hydrogen-bond acceptors (Lipinski definition) is 0. The van der Waals surface area contributed by atoms with Crippen LogP contribution in [0.2, 0.25) is 0 Å². The minimum absolute atomic E-state index is 0.486. The van der Waals surface area contributed by atoms with Gasteiger partial charge in [0.05, 0.1) is 0 Å². The summed E-state index contributed by atoms with van der Waals surface area (Å²) in [5.74, 6) is 0.972. The second-order valence-corrected chi connectivity index (χ2v) is 9.27. The molecule has 0 aromatic heterocycles. The molecule has 0 saturated carbocycles. The average molecular weight is 425 g/mol. The van der Waals surface area contributed by atoms with Gasteiger partial charge in [-0.25, -0.2) is 0 Å². The zero-order valence-electron chi connectivity index (χ0n) is 17.0. The van der Waals surface area contributed by atoms with Gasteiger partial charge in [-0.2, -0.15) is 0 Å². The van der Waals surface area contributed by atoms with Crippen molar-refractivity contribution in [2.24, 2.45) is 0 Å². The van der Waals surface area contributed by atoms with Crippen molar-refractivity contribution in [3.8, 4) is 0 Å². The number of hydrogen-bond donors (Lipinski definition) is 0. The summed E-state index contributed by atoms with van der Waals surface area (Å²) in [6.07, 6.45) is 21.4. The van der Waals surface area contributed by atoms with Crippen LogP contribution in [-0.2, 0) is 14.4 Å². The molecule has 0 radical (unpaired) electrons. The molecule has 0 N–H and O–H groups in total. The molecule has 2 atom stereocenters. The molecule has 2 aromatic carbocycles. The Bertz CT molecular complexity index is 811. The molecule has 0 spiro atoms. The van der Waals surface area contributed by atoms with Crippen molar-refractivity contribution in [1.29, 1.82) is 0 Å². The Hall–Kier alpha value is -2.11. The summed E-state index contributed by atoms with van der Waals surface area (Å²) in [5.41, 5.74) is 2.86. The van der Waals surface area contributed by atoms with Gasteiger partial charge in [-0.1, -0.05) is 0 Å². The number of benzene rings is 2. The van der Waals surface area contributed by atoms with Crippen molar-refractivity contribution in [2.75, 3.05) is 0 Å². The Morgan fingerprint density at radius 2 is 1.00 bits per heavy atom. The van der Waals surface area contributed by atoms with E-state index in [1.807, 2.05) is 14.4 Å². The van der Waals surface area contributed by atoms with Gasteiger partial charge in [0.1, 0.15) is 0 Å². The van der Waals surface area contributed by atoms with Gasteiger partial charge in [0, 0.05) is 0 Å². The molecule has 152 valence electrons. The van der Waals surface area contributed by atoms with Crippen molar-refractivity contribution in [3.05, 3.63) is 117 Å². The van der Waals surface area contributed by atoms with Crippen molar-refractivity contribution in [3.63, 3.8) is 0 Å². The first-order chi connectivity index (χ1) is 14.4. The maximum absolute atomic E-state index is 2.55. The fraction of sp³-hybridized carbons (Fsp3) is 0.286. The Morgan fingerprint density at radius 3 is 1.45 bits per heavy atom. The van der Waals surface area contributed by atoms with Crippen LogP contribution in [-0.4, -0.2) is 0 Å². The van der Waals surface area contributed by atoms with Gasteiger partial charge >= 0.3 is 182 Å². The van der Waals surface area contributed by atoms with Gasteiger partial charge in [0.15, 0.2) is 0 Å². The summed E-state index contributed by atoms with van der Waals surface area (Å²) in [6.45, 7) is 0. The maximum atomic E-state index is 2.55. The van der Waals surface area contributed by atoms with E-state index in [1.165, 1.54) is 11.1 Å². The summed E-state index contributed by atoms with van der Waals surface area (Å²) < 4.78 is 3.11. The summed E-state index contributed by atoms with van der Waals surface area (Å²) in [7, 11) is 0. The monoisotopic (exact) mass is 424 g/mol. The van der Waals surface area contributed by atoms with Crippen LogP contribution in [0.25, 0.3) is 0 Å². The van der Waals surface area contributed by atoms with E-state index in [2.05, 4.69) is 97.1 Å². The fourth-order valence-corrected chi connectivity index (χ4v) is 5.49. The Labute approximate surface area is 181 Å². The first-order valence-corrected chi connectivity index (χ1v) is 11.8. The zero-order valence-corrected chi connectivity index (χ0v) is 17.9. The molecule has 0 heterocycles. The van der Waals surface area contributed by atoms with Gasteiger partial charge in [0.25, 0.3) is 0 Å². The molecule has 4 rings (SSSR count). The van der Waals surface area contributed by atoms with Gasteiger partial charge in [-0.05, 0) is 0 Å². The third-order valence-electron chi connectivity index (χ3n) is 5.58. The van der Waals surface area contributed by atoms with E-state index in [9.17, 15) is 0 Å². The zero-order chi connectivity index (χ0) is 19.7. The van der Waals surface area contributed by atoms with Crippen LogP contribution in [0.1, 0.15) is 61.5 Å². The van der Waals surface area contributed by atoms with E-state index >= 15 is 0 Å². The van der Waals surface area contributed by atoms with E-state index in [0.29, 0.717) is 11.8 Å². The normalized spacial score (nSPS) is 22.8. The molecule has 29 heavy (non-hydrogen) atoms. The molecule has 2 aromatic rings. The second kappa shape index (κ2) is 10.6. The predicted molar refractivity (Wildman–Crippen MR) is 121 cm³/mol. The summed E-state index contributed by atoms with van der Waals surface area (Å²) >= 11 is 1.81. The van der Waals surface area contributed by atoms with Crippen LogP contribution >= 0.6 is 0 Å². The number of rotatable bonds is 4. The third kappa shape index (κ3) is 5.94. The van der Waals surface area contributed by atoms with Crippen LogP contribution in [0.15, 0.2) is 106 Å². The second-order valence-electron chi connectivity index (χ2n) is 7.75. The van der Waals surface area contributed by atoms with Crippen LogP contribution < -0.4 is 0 Å². The van der Waals surface area contributed by atoms with E-state index in [1.54, 1.807) is 9.09 Å². The summed E-state index contributed by atoms with van der Waals surface area (Å²) in [5, 5.41) is 0. The SMILES string of the molecule is C1=CCC(c2ccccc2)C=[C]([Ni][C]2=CC(c3ccccc3)CC=CCC2)CC1. The third-order valence-corrected chi connectivity index (χ3v) is 7.04. The van der Waals surface area contributed by atoms with Crippen molar-refractivity contribution < 1.29 is 14.4 Å². The minimum atomic E-state index is 0.486. The molecule has 0 nitrogen and oxygen atoms in total. The molecule has 2 unspecified atom stereocenters. The van der Waals surface area contributed by atoms with Gasteiger partial charge in [-0.3, -0.25) is 0 Å². The van der Waals surface area contributed by atoms with E-state index in [-0.39, 0.29) is 0 Å². The molecule has 1 heteroatoms. The molecule has 2 aliphatic rings. The van der Waals surface area contributed by atoms with Crippen LogP contribution in [0.3, 0.4) is 0 Å². The molecule has 0 bridgehead atoms.